The van der Waals surface area contributed by atoms with Crippen LogP contribution in [0.25, 0.3) is 6.08 Å². The van der Waals surface area contributed by atoms with Crippen LogP contribution >= 0.6 is 35.0 Å². The van der Waals surface area contributed by atoms with Gasteiger partial charge >= 0.3 is 0 Å². The summed E-state index contributed by atoms with van der Waals surface area (Å²) in [5.41, 5.74) is 1.49. The first kappa shape index (κ1) is 20.8. The maximum absolute atomic E-state index is 12.7. The van der Waals surface area contributed by atoms with Crippen LogP contribution < -0.4 is 4.74 Å². The molecule has 2 aromatic carbocycles. The number of benzene rings is 2. The van der Waals surface area contributed by atoms with Crippen molar-refractivity contribution in [1.82, 2.24) is 4.90 Å². The normalized spacial score (nSPS) is 16.7. The van der Waals surface area contributed by atoms with E-state index in [1.54, 1.807) is 24.3 Å². The number of thioether (sulfide) groups is 1. The summed E-state index contributed by atoms with van der Waals surface area (Å²) >= 11 is 13.0. The quantitative estimate of drug-likeness (QED) is 0.491. The molecule has 1 heterocycles. The monoisotopic (exact) mass is 435 g/mol. The minimum Gasteiger partial charge on any atom is -0.491 e. The predicted molar refractivity (Wildman–Crippen MR) is 115 cm³/mol. The van der Waals surface area contributed by atoms with Crippen LogP contribution in [0.4, 0.5) is 4.79 Å². The van der Waals surface area contributed by atoms with E-state index in [1.165, 1.54) is 4.90 Å². The van der Waals surface area contributed by atoms with E-state index in [1.807, 2.05) is 31.2 Å². The van der Waals surface area contributed by atoms with Gasteiger partial charge in [0.2, 0.25) is 0 Å². The van der Waals surface area contributed by atoms with Crippen molar-refractivity contribution >= 4 is 52.2 Å². The molecule has 3 rings (SSSR count). The van der Waals surface area contributed by atoms with Gasteiger partial charge < -0.3 is 4.74 Å². The van der Waals surface area contributed by atoms with Gasteiger partial charge in [-0.05, 0) is 66.6 Å². The summed E-state index contributed by atoms with van der Waals surface area (Å²) in [5.74, 6) is 0.443. The number of hydrogen-bond acceptors (Lipinski definition) is 4. The van der Waals surface area contributed by atoms with Gasteiger partial charge in [-0.1, -0.05) is 48.3 Å². The number of amides is 2. The maximum Gasteiger partial charge on any atom is 0.293 e. The number of rotatable bonds is 6. The summed E-state index contributed by atoms with van der Waals surface area (Å²) in [4.78, 5) is 26.6. The molecule has 2 aromatic rings. The second kappa shape index (κ2) is 9.03. The predicted octanol–water partition coefficient (Wildman–Crippen LogP) is 6.41. The van der Waals surface area contributed by atoms with Crippen molar-refractivity contribution in [1.29, 1.82) is 0 Å². The SMILES string of the molecule is CC[C@H](C)Oc1ccc(/C=C2\SC(=O)N(Cc3ccc(Cl)cc3Cl)C2=O)cc1. The number of halogens is 2. The zero-order valence-electron chi connectivity index (χ0n) is 15.4. The molecule has 7 heteroatoms. The molecule has 0 spiro atoms. The van der Waals surface area contributed by atoms with E-state index in [9.17, 15) is 9.59 Å². The van der Waals surface area contributed by atoms with Crippen molar-refractivity contribution in [2.75, 3.05) is 0 Å². The molecule has 146 valence electrons. The molecule has 1 atom stereocenters. The number of carbonyl (C=O) groups is 2. The molecule has 0 radical (unpaired) electrons. The lowest BCUT2D eigenvalue weighted by atomic mass is 10.2. The highest BCUT2D eigenvalue weighted by Gasteiger charge is 2.35. The summed E-state index contributed by atoms with van der Waals surface area (Å²) in [6, 6.07) is 12.4. The first-order valence-electron chi connectivity index (χ1n) is 8.83. The Kier molecular flexibility index (Phi) is 6.70. The second-order valence-electron chi connectivity index (χ2n) is 6.41. The van der Waals surface area contributed by atoms with Crippen LogP contribution in [0.3, 0.4) is 0 Å². The molecule has 28 heavy (non-hydrogen) atoms. The van der Waals surface area contributed by atoms with Crippen LogP contribution in [0.1, 0.15) is 31.4 Å². The van der Waals surface area contributed by atoms with Crippen LogP contribution in [0.2, 0.25) is 10.0 Å². The molecular weight excluding hydrogens is 417 g/mol. The van der Waals surface area contributed by atoms with E-state index in [-0.39, 0.29) is 23.8 Å². The zero-order valence-corrected chi connectivity index (χ0v) is 17.8. The lowest BCUT2D eigenvalue weighted by molar-refractivity contribution is -0.123. The third-order valence-electron chi connectivity index (χ3n) is 4.31. The fourth-order valence-electron chi connectivity index (χ4n) is 2.57. The zero-order chi connectivity index (χ0) is 20.3. The van der Waals surface area contributed by atoms with Gasteiger partial charge in [0.15, 0.2) is 0 Å². The number of carbonyl (C=O) groups excluding carboxylic acids is 2. The van der Waals surface area contributed by atoms with Crippen molar-refractivity contribution in [3.63, 3.8) is 0 Å². The number of nitrogens with zero attached hydrogens (tertiary/aromatic N) is 1. The van der Waals surface area contributed by atoms with Gasteiger partial charge in [0.05, 0.1) is 17.6 Å². The number of ether oxygens (including phenoxy) is 1. The van der Waals surface area contributed by atoms with Crippen molar-refractivity contribution in [2.45, 2.75) is 32.9 Å². The minimum absolute atomic E-state index is 0.111. The van der Waals surface area contributed by atoms with Crippen LogP contribution in [-0.4, -0.2) is 22.2 Å². The van der Waals surface area contributed by atoms with E-state index >= 15 is 0 Å². The Bertz CT molecular complexity index is 928. The van der Waals surface area contributed by atoms with E-state index in [4.69, 9.17) is 27.9 Å². The Morgan fingerprint density at radius 2 is 1.86 bits per heavy atom. The topological polar surface area (TPSA) is 46.6 Å². The van der Waals surface area contributed by atoms with Gasteiger partial charge in [-0.3, -0.25) is 14.5 Å². The average Bonchev–Trinajstić information content (AvgIpc) is 2.92. The third kappa shape index (κ3) is 4.90. The molecule has 0 bridgehead atoms. The van der Waals surface area contributed by atoms with Crippen molar-refractivity contribution in [3.05, 3.63) is 68.5 Å². The van der Waals surface area contributed by atoms with Gasteiger partial charge in [0.1, 0.15) is 5.75 Å². The van der Waals surface area contributed by atoms with Gasteiger partial charge in [0.25, 0.3) is 11.1 Å². The molecule has 1 fully saturated rings. The van der Waals surface area contributed by atoms with Gasteiger partial charge in [-0.25, -0.2) is 0 Å². The molecule has 0 N–H and O–H groups in total. The molecule has 0 aliphatic carbocycles. The van der Waals surface area contributed by atoms with E-state index in [0.717, 1.165) is 29.5 Å². The van der Waals surface area contributed by atoms with E-state index in [2.05, 4.69) is 6.92 Å². The average molecular weight is 436 g/mol. The summed E-state index contributed by atoms with van der Waals surface area (Å²) in [7, 11) is 0. The Hall–Kier alpha value is -1.95. The third-order valence-corrected chi connectivity index (χ3v) is 5.80. The molecular formula is C21H19Cl2NO3S. The number of hydrogen-bond donors (Lipinski definition) is 0. The van der Waals surface area contributed by atoms with Crippen LogP contribution in [0, 0.1) is 0 Å². The summed E-state index contributed by atoms with van der Waals surface area (Å²) in [6.07, 6.45) is 2.77. The molecule has 1 aliphatic rings. The van der Waals surface area contributed by atoms with Crippen molar-refractivity contribution < 1.29 is 14.3 Å². The second-order valence-corrected chi connectivity index (χ2v) is 8.25. The lowest BCUT2D eigenvalue weighted by Gasteiger charge is -2.13. The first-order valence-corrected chi connectivity index (χ1v) is 10.4. The Morgan fingerprint density at radius 3 is 2.50 bits per heavy atom. The molecule has 1 aliphatic heterocycles. The van der Waals surface area contributed by atoms with E-state index in [0.29, 0.717) is 20.5 Å². The Balaban J connectivity index is 1.73. The lowest BCUT2D eigenvalue weighted by Crippen LogP contribution is -2.27. The fraction of sp³-hybridized carbons (Fsp3) is 0.238. The smallest absolute Gasteiger partial charge is 0.293 e. The Morgan fingerprint density at radius 1 is 1.14 bits per heavy atom. The summed E-state index contributed by atoms with van der Waals surface area (Å²) < 4.78 is 5.75. The molecule has 0 saturated carbocycles. The molecule has 2 amide bonds. The highest BCUT2D eigenvalue weighted by molar-refractivity contribution is 8.18. The van der Waals surface area contributed by atoms with Crippen LogP contribution in [-0.2, 0) is 11.3 Å². The highest BCUT2D eigenvalue weighted by Crippen LogP contribution is 2.34. The standard InChI is InChI=1S/C21H19Cl2NO3S/c1-3-13(2)27-17-8-4-14(5-9-17)10-19-20(25)24(21(26)28-19)12-15-6-7-16(22)11-18(15)23/h4-11,13H,3,12H2,1-2H3/b19-10-/t13-/m0/s1. The molecule has 1 saturated heterocycles. The van der Waals surface area contributed by atoms with Crippen LogP contribution in [0.15, 0.2) is 47.4 Å². The van der Waals surface area contributed by atoms with E-state index < -0.39 is 0 Å². The highest BCUT2D eigenvalue weighted by atomic mass is 35.5. The van der Waals surface area contributed by atoms with Crippen molar-refractivity contribution in [2.24, 2.45) is 0 Å². The number of imide groups is 1. The Labute approximate surface area is 178 Å². The van der Waals surface area contributed by atoms with Gasteiger partial charge in [-0.2, -0.15) is 0 Å². The van der Waals surface area contributed by atoms with Crippen molar-refractivity contribution in [3.8, 4) is 5.75 Å². The summed E-state index contributed by atoms with van der Waals surface area (Å²) in [5, 5.41) is 0.606. The van der Waals surface area contributed by atoms with Gasteiger partial charge in [-0.15, -0.1) is 0 Å². The summed E-state index contributed by atoms with van der Waals surface area (Å²) in [6.45, 7) is 4.18. The largest absolute Gasteiger partial charge is 0.491 e. The molecule has 4 nitrogen and oxygen atoms in total. The molecule has 0 unspecified atom stereocenters. The minimum atomic E-state index is -0.332. The van der Waals surface area contributed by atoms with Gasteiger partial charge in [0, 0.05) is 10.0 Å². The first-order chi connectivity index (χ1) is 13.4. The van der Waals surface area contributed by atoms with Crippen LogP contribution in [0.5, 0.6) is 5.75 Å². The molecule has 0 aromatic heterocycles. The fourth-order valence-corrected chi connectivity index (χ4v) is 3.87. The maximum atomic E-state index is 12.7.